The monoisotopic (exact) mass is 546 g/mol. The van der Waals surface area contributed by atoms with Gasteiger partial charge in [-0.15, -0.1) is 5.10 Å². The van der Waals surface area contributed by atoms with E-state index in [2.05, 4.69) is 45.0 Å². The summed E-state index contributed by atoms with van der Waals surface area (Å²) in [4.78, 5) is 26.4. The number of aromatic nitrogens is 6. The second-order valence-corrected chi connectivity index (χ2v) is 11.1. The lowest BCUT2D eigenvalue weighted by atomic mass is 10.0. The zero-order valence-electron chi connectivity index (χ0n) is 21.4. The molecule has 11 nitrogen and oxygen atoms in total. The number of thioether (sulfide) groups is 1. The number of anilines is 2. The van der Waals surface area contributed by atoms with Crippen LogP contribution < -0.4 is 10.6 Å². The zero-order chi connectivity index (χ0) is 26.9. The number of nitrogens with zero attached hydrogens (tertiary/aromatic N) is 6. The standard InChI is InChI=1S/C27H30N8O3S/c1-2-11-39-27-31-24(30-19-12-17(19)15-7-4-3-5-8-15)21-25(32-27)35(34-33-21)20-13-18(22(36)23(20)37)26(38)29-16-9-6-10-28-14-16/h3-10,14,17-20,22-23,36-37H,2,11-13H2,1H3,(H,29,38)(H,30,31,32). The first-order chi connectivity index (χ1) is 19.0. The molecule has 0 saturated heterocycles. The normalized spacial score (nSPS) is 26.0. The van der Waals surface area contributed by atoms with Gasteiger partial charge in [-0.05, 0) is 37.0 Å². The number of pyridine rings is 1. The van der Waals surface area contributed by atoms with Crippen molar-refractivity contribution in [2.75, 3.05) is 16.4 Å². The summed E-state index contributed by atoms with van der Waals surface area (Å²) in [6.07, 6.45) is 2.78. The van der Waals surface area contributed by atoms with Crippen molar-refractivity contribution in [1.82, 2.24) is 29.9 Å². The molecule has 0 radical (unpaired) electrons. The molecule has 4 aromatic rings. The molecular formula is C27H30N8O3S. The van der Waals surface area contributed by atoms with Crippen molar-refractivity contribution >= 4 is 40.3 Å². The molecule has 0 bridgehead atoms. The summed E-state index contributed by atoms with van der Waals surface area (Å²) in [5.41, 5.74) is 2.77. The summed E-state index contributed by atoms with van der Waals surface area (Å²) in [6, 6.07) is 13.3. The molecule has 2 saturated carbocycles. The van der Waals surface area contributed by atoms with Crippen molar-refractivity contribution in [3.63, 3.8) is 0 Å². The first-order valence-corrected chi connectivity index (χ1v) is 14.2. The number of nitrogens with one attached hydrogen (secondary N) is 2. The van der Waals surface area contributed by atoms with Gasteiger partial charge in [0, 0.05) is 23.9 Å². The van der Waals surface area contributed by atoms with Crippen molar-refractivity contribution in [2.24, 2.45) is 5.92 Å². The lowest BCUT2D eigenvalue weighted by Crippen LogP contribution is -2.34. The molecule has 0 aliphatic heterocycles. The molecule has 0 spiro atoms. The summed E-state index contributed by atoms with van der Waals surface area (Å²) >= 11 is 1.54. The number of aliphatic hydroxyl groups is 2. The van der Waals surface area contributed by atoms with Gasteiger partial charge in [0.25, 0.3) is 0 Å². The topological polar surface area (TPSA) is 151 Å². The highest BCUT2D eigenvalue weighted by Crippen LogP contribution is 2.44. The van der Waals surface area contributed by atoms with Crippen molar-refractivity contribution < 1.29 is 15.0 Å². The number of amides is 1. The van der Waals surface area contributed by atoms with Crippen LogP contribution in [0.25, 0.3) is 11.2 Å². The maximum atomic E-state index is 13.0. The summed E-state index contributed by atoms with van der Waals surface area (Å²) in [7, 11) is 0. The van der Waals surface area contributed by atoms with Crippen molar-refractivity contribution in [3.05, 3.63) is 60.4 Å². The van der Waals surface area contributed by atoms with E-state index in [4.69, 9.17) is 9.97 Å². The Hall–Kier alpha value is -3.61. The van der Waals surface area contributed by atoms with Crippen LogP contribution in [0.4, 0.5) is 11.5 Å². The van der Waals surface area contributed by atoms with E-state index in [-0.39, 0.29) is 12.5 Å². The predicted molar refractivity (Wildman–Crippen MR) is 147 cm³/mol. The van der Waals surface area contributed by atoms with Crippen LogP contribution in [-0.2, 0) is 4.79 Å². The van der Waals surface area contributed by atoms with E-state index in [0.717, 1.165) is 18.6 Å². The number of hydrogen-bond acceptors (Lipinski definition) is 10. The summed E-state index contributed by atoms with van der Waals surface area (Å²) in [5, 5.41) is 37.4. The molecule has 2 fully saturated rings. The maximum absolute atomic E-state index is 13.0. The van der Waals surface area contributed by atoms with Gasteiger partial charge in [0.1, 0.15) is 6.10 Å². The Morgan fingerprint density at radius 2 is 1.95 bits per heavy atom. The van der Waals surface area contributed by atoms with E-state index in [1.807, 2.05) is 18.2 Å². The van der Waals surface area contributed by atoms with Crippen molar-refractivity contribution in [3.8, 4) is 0 Å². The second kappa shape index (κ2) is 10.9. The van der Waals surface area contributed by atoms with E-state index in [1.165, 1.54) is 16.4 Å². The maximum Gasteiger partial charge on any atom is 0.230 e. The molecule has 3 heterocycles. The molecule has 4 N–H and O–H groups in total. The fraction of sp³-hybridized carbons (Fsp3) is 0.407. The van der Waals surface area contributed by atoms with Crippen LogP contribution in [-0.4, -0.2) is 70.1 Å². The highest BCUT2D eigenvalue weighted by atomic mass is 32.2. The van der Waals surface area contributed by atoms with Crippen LogP contribution in [0.1, 0.15) is 43.7 Å². The average molecular weight is 547 g/mol. The lowest BCUT2D eigenvalue weighted by Gasteiger charge is -2.17. The van der Waals surface area contributed by atoms with E-state index in [1.54, 1.807) is 30.1 Å². The molecule has 2 aliphatic rings. The smallest absolute Gasteiger partial charge is 0.230 e. The van der Waals surface area contributed by atoms with E-state index < -0.39 is 30.1 Å². The van der Waals surface area contributed by atoms with Crippen molar-refractivity contribution in [1.29, 1.82) is 0 Å². The number of hydrogen-bond donors (Lipinski definition) is 4. The lowest BCUT2D eigenvalue weighted by molar-refractivity contribution is -0.123. The van der Waals surface area contributed by atoms with Crippen LogP contribution in [0.5, 0.6) is 0 Å². The molecule has 6 rings (SSSR count). The Morgan fingerprint density at radius 1 is 1.10 bits per heavy atom. The molecule has 1 aromatic carbocycles. The quantitative estimate of drug-likeness (QED) is 0.182. The Kier molecular flexibility index (Phi) is 7.15. The molecule has 39 heavy (non-hydrogen) atoms. The third kappa shape index (κ3) is 5.19. The minimum Gasteiger partial charge on any atom is -0.390 e. The van der Waals surface area contributed by atoms with Crippen molar-refractivity contribution in [2.45, 2.75) is 61.6 Å². The summed E-state index contributed by atoms with van der Waals surface area (Å²) < 4.78 is 1.53. The average Bonchev–Trinajstić information content (AvgIpc) is 3.50. The molecular weight excluding hydrogens is 516 g/mol. The number of benzene rings is 1. The van der Waals surface area contributed by atoms with Crippen LogP contribution in [0.15, 0.2) is 60.0 Å². The molecule has 202 valence electrons. The Labute approximate surface area is 229 Å². The van der Waals surface area contributed by atoms with Gasteiger partial charge in [-0.1, -0.05) is 54.2 Å². The van der Waals surface area contributed by atoms with Gasteiger partial charge in [0.2, 0.25) is 5.91 Å². The SMILES string of the molecule is CCCSc1nc(NC2CC2c2ccccc2)c2nnn(C3CC(C(=O)Nc4cccnc4)C(O)C3O)c2n1. The second-order valence-electron chi connectivity index (χ2n) is 10.0. The van der Waals surface area contributed by atoms with Gasteiger partial charge in [-0.25, -0.2) is 14.6 Å². The highest BCUT2D eigenvalue weighted by Gasteiger charge is 2.47. The van der Waals surface area contributed by atoms with E-state index in [9.17, 15) is 15.0 Å². The number of carbonyl (C=O) groups is 1. The largest absolute Gasteiger partial charge is 0.390 e. The Morgan fingerprint density at radius 3 is 2.72 bits per heavy atom. The Balaban J connectivity index is 1.27. The number of aliphatic hydroxyl groups excluding tert-OH is 2. The third-order valence-corrected chi connectivity index (χ3v) is 8.36. The van der Waals surface area contributed by atoms with Gasteiger partial charge in [0.05, 0.1) is 29.9 Å². The number of fused-ring (bicyclic) bond motifs is 1. The zero-order valence-corrected chi connectivity index (χ0v) is 22.2. The Bertz CT molecular complexity index is 1450. The first-order valence-electron chi connectivity index (χ1n) is 13.2. The van der Waals surface area contributed by atoms with Gasteiger partial charge < -0.3 is 20.8 Å². The van der Waals surface area contributed by atoms with Crippen LogP contribution >= 0.6 is 11.8 Å². The first kappa shape index (κ1) is 25.7. The van der Waals surface area contributed by atoms with Gasteiger partial charge >= 0.3 is 0 Å². The molecule has 3 aromatic heterocycles. The minimum atomic E-state index is -1.27. The summed E-state index contributed by atoms with van der Waals surface area (Å²) in [6.45, 7) is 2.10. The molecule has 6 unspecified atom stereocenters. The van der Waals surface area contributed by atoms with E-state index in [0.29, 0.717) is 33.7 Å². The van der Waals surface area contributed by atoms with Gasteiger partial charge in [0.15, 0.2) is 22.1 Å². The minimum absolute atomic E-state index is 0.176. The number of carbonyl (C=O) groups excluding carboxylic acids is 1. The van der Waals surface area contributed by atoms with E-state index >= 15 is 0 Å². The fourth-order valence-electron chi connectivity index (χ4n) is 5.17. The predicted octanol–water partition coefficient (Wildman–Crippen LogP) is 3.01. The van der Waals surface area contributed by atoms with Crippen LogP contribution in [0.3, 0.4) is 0 Å². The van der Waals surface area contributed by atoms with Crippen LogP contribution in [0, 0.1) is 5.92 Å². The van der Waals surface area contributed by atoms with Crippen LogP contribution in [0.2, 0.25) is 0 Å². The molecule has 1 amide bonds. The molecule has 6 atom stereocenters. The molecule has 12 heteroatoms. The fourth-order valence-corrected chi connectivity index (χ4v) is 5.87. The number of rotatable bonds is 9. The third-order valence-electron chi connectivity index (χ3n) is 7.31. The molecule has 2 aliphatic carbocycles. The highest BCUT2D eigenvalue weighted by molar-refractivity contribution is 7.99. The van der Waals surface area contributed by atoms with Gasteiger partial charge in [-0.2, -0.15) is 0 Å². The van der Waals surface area contributed by atoms with Gasteiger partial charge in [-0.3, -0.25) is 9.78 Å². The summed E-state index contributed by atoms with van der Waals surface area (Å²) in [5.74, 6) is 0.620.